The van der Waals surface area contributed by atoms with Gasteiger partial charge in [-0.2, -0.15) is 0 Å². The van der Waals surface area contributed by atoms with Crippen LogP contribution in [0.5, 0.6) is 0 Å². The van der Waals surface area contributed by atoms with E-state index >= 15 is 0 Å². The summed E-state index contributed by atoms with van der Waals surface area (Å²) >= 11 is 0. The third-order valence-corrected chi connectivity index (χ3v) is 7.11. The fourth-order valence-electron chi connectivity index (χ4n) is 5.00. The zero-order chi connectivity index (χ0) is 24.6. The maximum atomic E-state index is 12.7. The van der Waals surface area contributed by atoms with Gasteiger partial charge in [-0.1, -0.05) is 54.6 Å². The van der Waals surface area contributed by atoms with Crippen molar-refractivity contribution in [2.75, 3.05) is 32.7 Å². The van der Waals surface area contributed by atoms with E-state index in [0.29, 0.717) is 38.9 Å². The van der Waals surface area contributed by atoms with E-state index in [-0.39, 0.29) is 30.3 Å². The number of ether oxygens (including phenoxy) is 1. The molecule has 0 saturated carbocycles. The molecule has 0 aliphatic carbocycles. The second kappa shape index (κ2) is 12.0. The number of likely N-dealkylation sites (tertiary alicyclic amines) is 2. The zero-order valence-electron chi connectivity index (χ0n) is 20.1. The van der Waals surface area contributed by atoms with E-state index in [1.54, 1.807) is 4.90 Å². The normalized spacial score (nSPS) is 17.8. The molecule has 4 rings (SSSR count). The van der Waals surface area contributed by atoms with Crippen LogP contribution in [-0.2, 0) is 25.5 Å². The molecule has 0 spiro atoms. The Morgan fingerprint density at radius 3 is 2.20 bits per heavy atom. The van der Waals surface area contributed by atoms with E-state index in [4.69, 9.17) is 9.84 Å². The Balaban J connectivity index is 1.18. The summed E-state index contributed by atoms with van der Waals surface area (Å²) in [6.45, 7) is 3.34. The Labute approximate surface area is 206 Å². The molecule has 0 unspecified atom stereocenters. The lowest BCUT2D eigenvalue weighted by Crippen LogP contribution is -2.43. The first-order valence-electron chi connectivity index (χ1n) is 12.6. The Morgan fingerprint density at radius 1 is 0.857 bits per heavy atom. The van der Waals surface area contributed by atoms with Gasteiger partial charge in [0.1, 0.15) is 6.10 Å². The van der Waals surface area contributed by atoms with Gasteiger partial charge in [-0.15, -0.1) is 0 Å². The number of esters is 1. The molecule has 0 aromatic heterocycles. The fourth-order valence-corrected chi connectivity index (χ4v) is 5.00. The van der Waals surface area contributed by atoms with Gasteiger partial charge in [0, 0.05) is 39.1 Å². The maximum absolute atomic E-state index is 12.7. The lowest BCUT2D eigenvalue weighted by atomic mass is 9.97. The number of amides is 1. The van der Waals surface area contributed by atoms with Gasteiger partial charge in [0.2, 0.25) is 5.91 Å². The third kappa shape index (κ3) is 6.92. The van der Waals surface area contributed by atoms with Gasteiger partial charge < -0.3 is 19.6 Å². The minimum absolute atomic E-state index is 0.0895. The number of carboxylic acid groups (broad SMARTS) is 1. The Morgan fingerprint density at radius 2 is 1.51 bits per heavy atom. The van der Waals surface area contributed by atoms with E-state index < -0.39 is 5.97 Å². The molecule has 2 aromatic carbocycles. The Bertz CT molecular complexity index is 1010. The first-order valence-corrected chi connectivity index (χ1v) is 12.6. The molecule has 1 amide bonds. The summed E-state index contributed by atoms with van der Waals surface area (Å²) in [5.41, 5.74) is 3.11. The Kier molecular flexibility index (Phi) is 8.53. The number of rotatable bonds is 8. The minimum atomic E-state index is -0.763. The smallest absolute Gasteiger partial charge is 0.310 e. The van der Waals surface area contributed by atoms with Crippen LogP contribution in [0.3, 0.4) is 0 Å². The molecular formula is C28H34N2O5. The van der Waals surface area contributed by atoms with Crippen LogP contribution in [0.1, 0.15) is 37.7 Å². The summed E-state index contributed by atoms with van der Waals surface area (Å²) in [6, 6.07) is 18.0. The van der Waals surface area contributed by atoms with Crippen molar-refractivity contribution in [2.45, 2.75) is 44.6 Å². The average Bonchev–Trinajstić information content (AvgIpc) is 2.89. The minimum Gasteiger partial charge on any atom is -0.481 e. The van der Waals surface area contributed by atoms with Crippen LogP contribution < -0.4 is 0 Å². The molecule has 7 heteroatoms. The fraction of sp³-hybridized carbons (Fsp3) is 0.464. The summed E-state index contributed by atoms with van der Waals surface area (Å²) in [4.78, 5) is 40.3. The van der Waals surface area contributed by atoms with Crippen LogP contribution in [-0.4, -0.2) is 71.6 Å². The van der Waals surface area contributed by atoms with E-state index in [0.717, 1.165) is 42.6 Å². The molecule has 2 aliphatic rings. The molecule has 186 valence electrons. The molecule has 2 fully saturated rings. The Hall–Kier alpha value is -3.19. The van der Waals surface area contributed by atoms with Crippen molar-refractivity contribution in [1.82, 2.24) is 9.80 Å². The van der Waals surface area contributed by atoms with Gasteiger partial charge in [0.15, 0.2) is 0 Å². The first kappa shape index (κ1) is 24.9. The lowest BCUT2D eigenvalue weighted by Gasteiger charge is -2.33. The summed E-state index contributed by atoms with van der Waals surface area (Å²) < 4.78 is 5.80. The second-order valence-electron chi connectivity index (χ2n) is 9.47. The van der Waals surface area contributed by atoms with E-state index in [1.165, 1.54) is 0 Å². The van der Waals surface area contributed by atoms with Crippen molar-refractivity contribution in [2.24, 2.45) is 5.92 Å². The molecule has 2 heterocycles. The van der Waals surface area contributed by atoms with E-state index in [1.807, 2.05) is 54.6 Å². The number of nitrogens with zero attached hydrogens (tertiary/aromatic N) is 2. The molecule has 0 atom stereocenters. The predicted molar refractivity (Wildman–Crippen MR) is 133 cm³/mol. The number of hydrogen-bond acceptors (Lipinski definition) is 5. The second-order valence-corrected chi connectivity index (χ2v) is 9.47. The highest BCUT2D eigenvalue weighted by atomic mass is 16.5. The molecule has 0 bridgehead atoms. The van der Waals surface area contributed by atoms with Gasteiger partial charge in [0.25, 0.3) is 0 Å². The molecule has 0 radical (unpaired) electrons. The summed E-state index contributed by atoms with van der Waals surface area (Å²) in [5.74, 6) is -1.19. The number of aliphatic carboxylic acids is 1. The number of benzene rings is 2. The van der Waals surface area contributed by atoms with Crippen LogP contribution >= 0.6 is 0 Å². The molecular weight excluding hydrogens is 444 g/mol. The van der Waals surface area contributed by atoms with Crippen LogP contribution in [0, 0.1) is 5.92 Å². The summed E-state index contributed by atoms with van der Waals surface area (Å²) in [5, 5.41) is 9.10. The van der Waals surface area contributed by atoms with Crippen molar-refractivity contribution in [3.8, 4) is 11.1 Å². The van der Waals surface area contributed by atoms with Gasteiger partial charge in [-0.25, -0.2) is 0 Å². The van der Waals surface area contributed by atoms with Gasteiger partial charge in [0.05, 0.1) is 12.3 Å². The SMILES string of the molecule is O=C(Cc1ccccc1-c1ccccc1)OC1CCN(CCC(=O)N2CCC(C(=O)O)CC2)CC1. The van der Waals surface area contributed by atoms with Gasteiger partial charge in [-0.05, 0) is 42.4 Å². The molecule has 2 aromatic rings. The van der Waals surface area contributed by atoms with Crippen molar-refractivity contribution in [1.29, 1.82) is 0 Å². The number of carbonyl (C=O) groups is 3. The van der Waals surface area contributed by atoms with Crippen LogP contribution in [0.25, 0.3) is 11.1 Å². The highest BCUT2D eigenvalue weighted by molar-refractivity contribution is 5.78. The average molecular weight is 479 g/mol. The van der Waals surface area contributed by atoms with Crippen molar-refractivity contribution >= 4 is 17.8 Å². The van der Waals surface area contributed by atoms with Crippen LogP contribution in [0.4, 0.5) is 0 Å². The van der Waals surface area contributed by atoms with Crippen LogP contribution in [0.2, 0.25) is 0 Å². The highest BCUT2D eigenvalue weighted by Crippen LogP contribution is 2.25. The van der Waals surface area contributed by atoms with Gasteiger partial charge in [-0.3, -0.25) is 14.4 Å². The molecule has 2 aliphatic heterocycles. The number of piperidine rings is 2. The zero-order valence-corrected chi connectivity index (χ0v) is 20.1. The number of carboxylic acids is 1. The van der Waals surface area contributed by atoms with Crippen molar-refractivity contribution < 1.29 is 24.2 Å². The largest absolute Gasteiger partial charge is 0.481 e. The quantitative estimate of drug-likeness (QED) is 0.583. The van der Waals surface area contributed by atoms with E-state index in [2.05, 4.69) is 4.90 Å². The third-order valence-electron chi connectivity index (χ3n) is 7.11. The number of hydrogen-bond donors (Lipinski definition) is 1. The monoisotopic (exact) mass is 478 g/mol. The standard InChI is InChI=1S/C28H34N2O5/c31-26(30-18-10-22(11-19-30)28(33)34)14-17-29-15-12-24(13-16-29)35-27(32)20-23-8-4-5-9-25(23)21-6-2-1-3-7-21/h1-9,22,24H,10-20H2,(H,33,34). The maximum Gasteiger partial charge on any atom is 0.310 e. The topological polar surface area (TPSA) is 87.2 Å². The van der Waals surface area contributed by atoms with Gasteiger partial charge >= 0.3 is 11.9 Å². The van der Waals surface area contributed by atoms with E-state index in [9.17, 15) is 14.4 Å². The molecule has 7 nitrogen and oxygen atoms in total. The predicted octanol–water partition coefficient (Wildman–Crippen LogP) is 3.62. The molecule has 1 N–H and O–H groups in total. The molecule has 2 saturated heterocycles. The summed E-state index contributed by atoms with van der Waals surface area (Å²) in [7, 11) is 0. The lowest BCUT2D eigenvalue weighted by molar-refractivity contribution is -0.150. The van der Waals surface area contributed by atoms with Crippen molar-refractivity contribution in [3.05, 3.63) is 60.2 Å². The van der Waals surface area contributed by atoms with Crippen LogP contribution in [0.15, 0.2) is 54.6 Å². The summed E-state index contributed by atoms with van der Waals surface area (Å²) in [6.07, 6.45) is 3.21. The highest BCUT2D eigenvalue weighted by Gasteiger charge is 2.28. The molecule has 35 heavy (non-hydrogen) atoms. The number of carbonyl (C=O) groups excluding carboxylic acids is 2. The first-order chi connectivity index (χ1) is 17.0. The van der Waals surface area contributed by atoms with Crippen molar-refractivity contribution in [3.63, 3.8) is 0 Å².